The molecule has 4 rings (SSSR count). The van der Waals surface area contributed by atoms with Gasteiger partial charge in [0.05, 0.1) is 17.7 Å². The molecular weight excluding hydrogens is 426 g/mol. The third kappa shape index (κ3) is 4.32. The fraction of sp³-hybridized carbons (Fsp3) is 0.385. The number of aliphatic hydroxyl groups is 1. The summed E-state index contributed by atoms with van der Waals surface area (Å²) in [6.45, 7) is 7.36. The molecule has 2 heterocycles. The van der Waals surface area contributed by atoms with E-state index in [0.717, 1.165) is 24.0 Å². The summed E-state index contributed by atoms with van der Waals surface area (Å²) < 4.78 is 5.74. The van der Waals surface area contributed by atoms with Crippen LogP contribution < -0.4 is 0 Å². The highest BCUT2D eigenvalue weighted by Gasteiger charge is 2.47. The van der Waals surface area contributed by atoms with Crippen LogP contribution in [0.15, 0.2) is 54.1 Å². The number of nitrogens with zero attached hydrogens (tertiary/aromatic N) is 1. The molecule has 5 nitrogen and oxygen atoms in total. The molecule has 0 unspecified atom stereocenters. The number of hydrogen-bond acceptors (Lipinski definition) is 4. The van der Waals surface area contributed by atoms with Crippen LogP contribution in [0.1, 0.15) is 56.3 Å². The lowest BCUT2D eigenvalue weighted by atomic mass is 9.85. The van der Waals surface area contributed by atoms with E-state index >= 15 is 0 Å². The van der Waals surface area contributed by atoms with Gasteiger partial charge in [0.15, 0.2) is 0 Å². The first-order valence-electron chi connectivity index (χ1n) is 10.9. The summed E-state index contributed by atoms with van der Waals surface area (Å²) >= 11 is 5.98. The smallest absolute Gasteiger partial charge is 0.295 e. The highest BCUT2D eigenvalue weighted by atomic mass is 35.5. The fourth-order valence-corrected chi connectivity index (χ4v) is 4.48. The normalized spacial score (nSPS) is 23.2. The number of amides is 1. The summed E-state index contributed by atoms with van der Waals surface area (Å²) in [6, 6.07) is 13.8. The Morgan fingerprint density at radius 1 is 1.09 bits per heavy atom. The molecule has 2 saturated heterocycles. The molecule has 0 saturated carbocycles. The second kappa shape index (κ2) is 8.72. The van der Waals surface area contributed by atoms with Gasteiger partial charge in [0.1, 0.15) is 5.76 Å². The number of ketones is 1. The van der Waals surface area contributed by atoms with Crippen molar-refractivity contribution in [3.63, 3.8) is 0 Å². The molecule has 1 N–H and O–H groups in total. The minimum absolute atomic E-state index is 0.0265. The van der Waals surface area contributed by atoms with Gasteiger partial charge < -0.3 is 14.7 Å². The Morgan fingerprint density at radius 2 is 1.75 bits per heavy atom. The maximum Gasteiger partial charge on any atom is 0.295 e. The van der Waals surface area contributed by atoms with Crippen LogP contribution >= 0.6 is 11.6 Å². The van der Waals surface area contributed by atoms with E-state index in [2.05, 4.69) is 20.8 Å². The Labute approximate surface area is 193 Å². The van der Waals surface area contributed by atoms with Gasteiger partial charge in [0.2, 0.25) is 0 Å². The average molecular weight is 454 g/mol. The number of rotatable bonds is 4. The number of halogens is 1. The Kier molecular flexibility index (Phi) is 6.15. The van der Waals surface area contributed by atoms with E-state index in [1.807, 2.05) is 24.3 Å². The molecule has 1 amide bonds. The molecule has 0 aliphatic carbocycles. The second-order valence-electron chi connectivity index (χ2n) is 9.47. The highest BCUT2D eigenvalue weighted by Crippen LogP contribution is 2.40. The van der Waals surface area contributed by atoms with Crippen LogP contribution in [-0.4, -0.2) is 41.0 Å². The fourth-order valence-electron chi connectivity index (χ4n) is 4.35. The number of ether oxygens (including phenoxy) is 1. The van der Waals surface area contributed by atoms with E-state index in [4.69, 9.17) is 16.3 Å². The van der Waals surface area contributed by atoms with Crippen LogP contribution in [0, 0.1) is 0 Å². The number of benzene rings is 2. The summed E-state index contributed by atoms with van der Waals surface area (Å²) in [4.78, 5) is 27.7. The van der Waals surface area contributed by atoms with Gasteiger partial charge in [-0.2, -0.15) is 0 Å². The molecule has 32 heavy (non-hydrogen) atoms. The summed E-state index contributed by atoms with van der Waals surface area (Å²) in [6.07, 6.45) is 1.67. The zero-order valence-corrected chi connectivity index (χ0v) is 19.4. The predicted octanol–water partition coefficient (Wildman–Crippen LogP) is 5.24. The Hall–Kier alpha value is -2.63. The van der Waals surface area contributed by atoms with Gasteiger partial charge in [0, 0.05) is 23.7 Å². The maximum absolute atomic E-state index is 13.1. The molecule has 0 aromatic heterocycles. The third-order valence-electron chi connectivity index (χ3n) is 6.17. The number of Topliss-reactive ketones (excluding diaryl/α,β-unsaturated/α-hetero) is 1. The summed E-state index contributed by atoms with van der Waals surface area (Å²) in [5, 5.41) is 11.6. The van der Waals surface area contributed by atoms with E-state index in [1.54, 1.807) is 29.2 Å². The van der Waals surface area contributed by atoms with E-state index in [-0.39, 0.29) is 22.9 Å². The lowest BCUT2D eigenvalue weighted by molar-refractivity contribution is -0.140. The van der Waals surface area contributed by atoms with Crippen molar-refractivity contribution in [1.29, 1.82) is 0 Å². The number of carbonyl (C=O) groups is 2. The Balaban J connectivity index is 1.81. The minimum Gasteiger partial charge on any atom is -0.507 e. The largest absolute Gasteiger partial charge is 0.507 e. The quantitative estimate of drug-likeness (QED) is 0.390. The number of hydrogen-bond donors (Lipinski definition) is 1. The van der Waals surface area contributed by atoms with Crippen molar-refractivity contribution in [2.24, 2.45) is 0 Å². The zero-order valence-electron chi connectivity index (χ0n) is 18.6. The van der Waals surface area contributed by atoms with Crippen molar-refractivity contribution >= 4 is 29.1 Å². The second-order valence-corrected chi connectivity index (χ2v) is 9.90. The first-order valence-corrected chi connectivity index (χ1v) is 11.3. The summed E-state index contributed by atoms with van der Waals surface area (Å²) in [5.74, 6) is -1.49. The van der Waals surface area contributed by atoms with Gasteiger partial charge in [-0.3, -0.25) is 9.59 Å². The minimum atomic E-state index is -0.680. The Bertz CT molecular complexity index is 1040. The van der Waals surface area contributed by atoms with E-state index in [9.17, 15) is 14.7 Å². The molecule has 2 aliphatic heterocycles. The molecule has 168 valence electrons. The number of carbonyl (C=O) groups excluding carboxylic acids is 2. The van der Waals surface area contributed by atoms with Crippen LogP contribution in [0.3, 0.4) is 0 Å². The molecule has 0 bridgehead atoms. The average Bonchev–Trinajstić information content (AvgIpc) is 3.36. The van der Waals surface area contributed by atoms with Gasteiger partial charge in [0.25, 0.3) is 11.7 Å². The maximum atomic E-state index is 13.1. The first kappa shape index (κ1) is 22.6. The summed E-state index contributed by atoms with van der Waals surface area (Å²) in [5.41, 5.74) is 2.45. The summed E-state index contributed by atoms with van der Waals surface area (Å²) in [7, 11) is 0. The van der Waals surface area contributed by atoms with Crippen molar-refractivity contribution in [3.8, 4) is 0 Å². The molecule has 2 atom stereocenters. The lowest BCUT2D eigenvalue weighted by Gasteiger charge is -2.28. The van der Waals surface area contributed by atoms with Crippen LogP contribution in [0.2, 0.25) is 5.02 Å². The van der Waals surface area contributed by atoms with E-state index < -0.39 is 17.7 Å². The first-order chi connectivity index (χ1) is 15.2. The van der Waals surface area contributed by atoms with Crippen molar-refractivity contribution in [2.45, 2.75) is 51.2 Å². The van der Waals surface area contributed by atoms with Gasteiger partial charge in [-0.25, -0.2) is 0 Å². The number of aliphatic hydroxyl groups excluding tert-OH is 1. The van der Waals surface area contributed by atoms with Crippen LogP contribution in [0.4, 0.5) is 0 Å². The van der Waals surface area contributed by atoms with Crippen LogP contribution in [0.25, 0.3) is 5.76 Å². The van der Waals surface area contributed by atoms with Gasteiger partial charge in [-0.15, -0.1) is 0 Å². The lowest BCUT2D eigenvalue weighted by Crippen LogP contribution is -2.36. The molecule has 0 spiro atoms. The molecule has 2 fully saturated rings. The van der Waals surface area contributed by atoms with Gasteiger partial charge in [-0.1, -0.05) is 56.6 Å². The van der Waals surface area contributed by atoms with Crippen molar-refractivity contribution in [3.05, 3.63) is 75.8 Å². The highest BCUT2D eigenvalue weighted by molar-refractivity contribution is 6.46. The van der Waals surface area contributed by atoms with Crippen LogP contribution in [0.5, 0.6) is 0 Å². The SMILES string of the molecule is CC(C)(C)c1ccc([C@H]2C(=C(O)c3ccc(Cl)cc3)C(=O)C(=O)N2C[C@@H]2CCCO2)cc1. The van der Waals surface area contributed by atoms with Crippen molar-refractivity contribution in [2.75, 3.05) is 13.2 Å². The number of likely N-dealkylation sites (tertiary alicyclic amines) is 1. The topological polar surface area (TPSA) is 66.8 Å². The Morgan fingerprint density at radius 3 is 2.31 bits per heavy atom. The van der Waals surface area contributed by atoms with E-state index in [0.29, 0.717) is 23.7 Å². The van der Waals surface area contributed by atoms with Crippen molar-refractivity contribution < 1.29 is 19.4 Å². The van der Waals surface area contributed by atoms with E-state index in [1.165, 1.54) is 0 Å². The molecule has 2 aliphatic rings. The molecule has 2 aromatic carbocycles. The predicted molar refractivity (Wildman–Crippen MR) is 125 cm³/mol. The zero-order chi connectivity index (χ0) is 23.0. The van der Waals surface area contributed by atoms with Crippen molar-refractivity contribution in [1.82, 2.24) is 4.90 Å². The van der Waals surface area contributed by atoms with Gasteiger partial charge in [-0.05, 0) is 53.6 Å². The standard InChI is InChI=1S/C26H28ClNO4/c1-26(2,3)18-10-6-16(7-11-18)22-21(23(29)17-8-12-19(27)13-9-17)24(30)25(31)28(22)15-20-5-4-14-32-20/h6-13,20,22,29H,4-5,14-15H2,1-3H3/t20-,22-/m0/s1. The monoisotopic (exact) mass is 453 g/mol. The van der Waals surface area contributed by atoms with Gasteiger partial charge >= 0.3 is 0 Å². The molecular formula is C26H28ClNO4. The van der Waals surface area contributed by atoms with Crippen LogP contribution in [-0.2, 0) is 19.7 Å². The molecule has 6 heteroatoms. The molecule has 2 aromatic rings. The molecule has 0 radical (unpaired) electrons. The third-order valence-corrected chi connectivity index (χ3v) is 6.43.